The van der Waals surface area contributed by atoms with Gasteiger partial charge < -0.3 is 15.2 Å². The Morgan fingerprint density at radius 2 is 2.30 bits per heavy atom. The summed E-state index contributed by atoms with van der Waals surface area (Å²) in [5, 5.41) is 4.08. The van der Waals surface area contributed by atoms with Gasteiger partial charge in [0.15, 0.2) is 0 Å². The zero-order valence-corrected chi connectivity index (χ0v) is 13.0. The van der Waals surface area contributed by atoms with Crippen LogP contribution in [0.25, 0.3) is 0 Å². The number of likely N-dealkylation sites (tertiary alicyclic amines) is 1. The van der Waals surface area contributed by atoms with Crippen LogP contribution in [-0.2, 0) is 11.2 Å². The largest absolute Gasteiger partial charge is 0.344 e. The molecule has 1 aliphatic heterocycles. The third-order valence-electron chi connectivity index (χ3n) is 4.19. The van der Waals surface area contributed by atoms with E-state index in [2.05, 4.69) is 19.0 Å². The Hall–Kier alpha value is -1.07. The molecule has 2 N–H and O–H groups in total. The molecule has 1 unspecified atom stereocenters. The van der Waals surface area contributed by atoms with E-state index in [0.29, 0.717) is 19.4 Å². The number of hydrogen-bond acceptors (Lipinski definition) is 4. The first-order valence-electron chi connectivity index (χ1n) is 6.95. The maximum absolute atomic E-state index is 12.3. The number of rotatable bonds is 3. The number of carbonyl (C=O) groups excluding carboxylic acids is 1. The van der Waals surface area contributed by atoms with Gasteiger partial charge in [0.1, 0.15) is 0 Å². The van der Waals surface area contributed by atoms with Gasteiger partial charge in [-0.1, -0.05) is 19.0 Å². The van der Waals surface area contributed by atoms with E-state index in [9.17, 15) is 4.79 Å². The predicted octanol–water partition coefficient (Wildman–Crippen LogP) is 2.15. The van der Waals surface area contributed by atoms with Crippen LogP contribution in [0.2, 0.25) is 5.22 Å². The number of aromatic nitrogens is 1. The maximum atomic E-state index is 12.3. The molecular weight excluding hydrogens is 278 g/mol. The van der Waals surface area contributed by atoms with Crippen LogP contribution in [0.4, 0.5) is 0 Å². The quantitative estimate of drug-likeness (QED) is 0.928. The number of nitrogens with two attached hydrogens (primary N) is 1. The highest BCUT2D eigenvalue weighted by Crippen LogP contribution is 2.28. The Bertz CT molecular complexity index is 479. The summed E-state index contributed by atoms with van der Waals surface area (Å²) >= 11 is 5.91. The Morgan fingerprint density at radius 3 is 2.85 bits per heavy atom. The van der Waals surface area contributed by atoms with Crippen molar-refractivity contribution >= 4 is 17.5 Å². The fourth-order valence-electron chi connectivity index (χ4n) is 2.62. The van der Waals surface area contributed by atoms with E-state index in [1.165, 1.54) is 0 Å². The van der Waals surface area contributed by atoms with Gasteiger partial charge in [-0.15, -0.1) is 0 Å². The molecule has 0 aromatic carbocycles. The lowest BCUT2D eigenvalue weighted by Gasteiger charge is -2.42. The highest BCUT2D eigenvalue weighted by molar-refractivity contribution is 6.29. The van der Waals surface area contributed by atoms with Gasteiger partial charge in [0.05, 0.1) is 5.69 Å². The van der Waals surface area contributed by atoms with Gasteiger partial charge in [0, 0.05) is 31.1 Å². The van der Waals surface area contributed by atoms with Gasteiger partial charge in [-0.3, -0.25) is 4.79 Å². The van der Waals surface area contributed by atoms with Gasteiger partial charge >= 0.3 is 0 Å². The van der Waals surface area contributed by atoms with Crippen LogP contribution in [0.5, 0.6) is 0 Å². The van der Waals surface area contributed by atoms with Crippen LogP contribution >= 0.6 is 11.6 Å². The van der Waals surface area contributed by atoms with Crippen molar-refractivity contribution < 1.29 is 9.32 Å². The molecule has 5 nitrogen and oxygen atoms in total. The van der Waals surface area contributed by atoms with E-state index in [1.807, 2.05) is 11.8 Å². The molecule has 1 aromatic heterocycles. The Labute approximate surface area is 124 Å². The smallest absolute Gasteiger partial charge is 0.229 e. The van der Waals surface area contributed by atoms with E-state index in [1.54, 1.807) is 0 Å². The third kappa shape index (κ3) is 3.15. The summed E-state index contributed by atoms with van der Waals surface area (Å²) in [6.45, 7) is 7.50. The first-order valence-corrected chi connectivity index (χ1v) is 7.33. The molecule has 0 aliphatic carbocycles. The lowest BCUT2D eigenvalue weighted by Crippen LogP contribution is -2.54. The highest BCUT2D eigenvalue weighted by Gasteiger charge is 2.35. The molecule has 0 bridgehead atoms. The minimum atomic E-state index is -0.0291. The summed E-state index contributed by atoms with van der Waals surface area (Å²) in [6.07, 6.45) is 1.84. The molecule has 20 heavy (non-hydrogen) atoms. The second-order valence-electron chi connectivity index (χ2n) is 6.22. The van der Waals surface area contributed by atoms with Crippen LogP contribution in [-0.4, -0.2) is 35.1 Å². The van der Waals surface area contributed by atoms with Crippen LogP contribution in [0.3, 0.4) is 0 Å². The van der Waals surface area contributed by atoms with Crippen molar-refractivity contribution in [3.05, 3.63) is 16.5 Å². The average Bonchev–Trinajstić information content (AvgIpc) is 2.69. The van der Waals surface area contributed by atoms with Crippen molar-refractivity contribution in [3.8, 4) is 0 Å². The van der Waals surface area contributed by atoms with Crippen molar-refractivity contribution in [1.82, 2.24) is 10.1 Å². The van der Waals surface area contributed by atoms with Crippen molar-refractivity contribution in [2.45, 2.75) is 46.1 Å². The molecule has 1 fully saturated rings. The molecule has 1 saturated heterocycles. The minimum absolute atomic E-state index is 0.0291. The van der Waals surface area contributed by atoms with Gasteiger partial charge in [-0.2, -0.15) is 0 Å². The fraction of sp³-hybridized carbons (Fsp3) is 0.714. The van der Waals surface area contributed by atoms with Gasteiger partial charge in [0.2, 0.25) is 11.1 Å². The molecular formula is C14H22ClN3O2. The summed E-state index contributed by atoms with van der Waals surface area (Å²) < 4.78 is 4.89. The normalized spacial score (nSPS) is 22.1. The van der Waals surface area contributed by atoms with Crippen LogP contribution in [0.1, 0.15) is 37.9 Å². The molecule has 6 heteroatoms. The standard InChI is InChI=1S/C14H22ClN3O2/c1-9-10(13(15)20-17-9)4-5-12(19)18-7-6-11(16)14(2,3)8-18/h11H,4-8,16H2,1-3H3. The molecule has 0 radical (unpaired) electrons. The van der Waals surface area contributed by atoms with Crippen molar-refractivity contribution in [2.75, 3.05) is 13.1 Å². The number of amides is 1. The molecule has 1 atom stereocenters. The summed E-state index contributed by atoms with van der Waals surface area (Å²) in [7, 11) is 0. The molecule has 0 spiro atoms. The van der Waals surface area contributed by atoms with Crippen LogP contribution < -0.4 is 5.73 Å². The summed E-state index contributed by atoms with van der Waals surface area (Å²) in [5.74, 6) is 0.140. The monoisotopic (exact) mass is 299 g/mol. The number of halogens is 1. The second-order valence-corrected chi connectivity index (χ2v) is 6.56. The van der Waals surface area contributed by atoms with Crippen molar-refractivity contribution in [2.24, 2.45) is 11.1 Å². The van der Waals surface area contributed by atoms with E-state index < -0.39 is 0 Å². The number of nitrogens with zero attached hydrogens (tertiary/aromatic N) is 2. The zero-order valence-electron chi connectivity index (χ0n) is 12.3. The number of piperidine rings is 1. The Morgan fingerprint density at radius 1 is 1.60 bits per heavy atom. The molecule has 1 aliphatic rings. The van der Waals surface area contributed by atoms with Gasteiger partial charge in [-0.05, 0) is 36.8 Å². The SMILES string of the molecule is Cc1noc(Cl)c1CCC(=O)N1CCC(N)C(C)(C)C1. The van der Waals surface area contributed by atoms with E-state index in [4.69, 9.17) is 21.9 Å². The number of aryl methyl sites for hydroxylation is 1. The third-order valence-corrected chi connectivity index (χ3v) is 4.49. The molecule has 1 aromatic rings. The minimum Gasteiger partial charge on any atom is -0.344 e. The molecule has 112 valence electrons. The van der Waals surface area contributed by atoms with E-state index in [-0.39, 0.29) is 22.6 Å². The number of hydrogen-bond donors (Lipinski definition) is 1. The zero-order chi connectivity index (χ0) is 14.9. The fourth-order valence-corrected chi connectivity index (χ4v) is 2.88. The number of carbonyl (C=O) groups is 1. The van der Waals surface area contributed by atoms with Crippen LogP contribution in [0.15, 0.2) is 4.52 Å². The summed E-state index contributed by atoms with van der Waals surface area (Å²) in [5.41, 5.74) is 7.64. The van der Waals surface area contributed by atoms with Crippen molar-refractivity contribution in [1.29, 1.82) is 0 Å². The van der Waals surface area contributed by atoms with Crippen LogP contribution in [0, 0.1) is 12.3 Å². The predicted molar refractivity (Wildman–Crippen MR) is 77.5 cm³/mol. The van der Waals surface area contributed by atoms with E-state index in [0.717, 1.165) is 24.2 Å². The lowest BCUT2D eigenvalue weighted by molar-refractivity contribution is -0.134. The summed E-state index contributed by atoms with van der Waals surface area (Å²) in [4.78, 5) is 14.2. The summed E-state index contributed by atoms with van der Waals surface area (Å²) in [6, 6.07) is 0.154. The molecule has 2 rings (SSSR count). The Balaban J connectivity index is 1.93. The van der Waals surface area contributed by atoms with E-state index >= 15 is 0 Å². The van der Waals surface area contributed by atoms with Gasteiger partial charge in [-0.25, -0.2) is 0 Å². The maximum Gasteiger partial charge on any atom is 0.229 e. The molecule has 2 heterocycles. The highest BCUT2D eigenvalue weighted by atomic mass is 35.5. The lowest BCUT2D eigenvalue weighted by atomic mass is 9.79. The molecule has 0 saturated carbocycles. The topological polar surface area (TPSA) is 72.4 Å². The first-order chi connectivity index (χ1) is 9.31. The first kappa shape index (κ1) is 15.3. The second kappa shape index (κ2) is 5.74. The molecule has 1 amide bonds. The Kier molecular flexibility index (Phi) is 4.39. The van der Waals surface area contributed by atoms with Gasteiger partial charge in [0.25, 0.3) is 0 Å². The van der Waals surface area contributed by atoms with Crippen molar-refractivity contribution in [3.63, 3.8) is 0 Å². The average molecular weight is 300 g/mol.